The highest BCUT2D eigenvalue weighted by Gasteiger charge is 2.32. The third kappa shape index (κ3) is 3.75. The SMILES string of the molecule is CCCCCC(=O)N1CCCC1c1nnn(-c2cccc(Cl)c2)n1. The molecule has 0 N–H and O–H groups in total. The molecule has 1 aromatic heterocycles. The Hall–Kier alpha value is -1.95. The minimum atomic E-state index is -0.0629. The lowest BCUT2D eigenvalue weighted by molar-refractivity contribution is -0.132. The molecule has 0 bridgehead atoms. The molecule has 1 aromatic carbocycles. The molecule has 0 aliphatic carbocycles. The Balaban J connectivity index is 1.72. The Morgan fingerprint density at radius 1 is 1.38 bits per heavy atom. The highest BCUT2D eigenvalue weighted by Crippen LogP contribution is 2.30. The number of nitrogens with zero attached hydrogens (tertiary/aromatic N) is 5. The fourth-order valence-electron chi connectivity index (χ4n) is 3.07. The molecule has 0 radical (unpaired) electrons. The number of benzene rings is 1. The van der Waals surface area contributed by atoms with E-state index in [1.807, 2.05) is 17.0 Å². The second kappa shape index (κ2) is 7.75. The van der Waals surface area contributed by atoms with E-state index in [-0.39, 0.29) is 11.9 Å². The molecule has 2 aromatic rings. The van der Waals surface area contributed by atoms with E-state index >= 15 is 0 Å². The van der Waals surface area contributed by atoms with Crippen LogP contribution in [-0.4, -0.2) is 37.6 Å². The van der Waals surface area contributed by atoms with Crippen molar-refractivity contribution < 1.29 is 4.79 Å². The summed E-state index contributed by atoms with van der Waals surface area (Å²) in [5.74, 6) is 0.807. The quantitative estimate of drug-likeness (QED) is 0.749. The molecule has 1 unspecified atom stereocenters. The monoisotopic (exact) mass is 347 g/mol. The molecule has 2 heterocycles. The predicted molar refractivity (Wildman–Crippen MR) is 92.0 cm³/mol. The van der Waals surface area contributed by atoms with Crippen LogP contribution in [0, 0.1) is 0 Å². The average Bonchev–Trinajstić information content (AvgIpc) is 3.24. The Morgan fingerprint density at radius 3 is 3.04 bits per heavy atom. The van der Waals surface area contributed by atoms with Crippen LogP contribution in [0.15, 0.2) is 24.3 Å². The first-order chi connectivity index (χ1) is 11.7. The van der Waals surface area contributed by atoms with E-state index < -0.39 is 0 Å². The van der Waals surface area contributed by atoms with Gasteiger partial charge in [0.2, 0.25) is 5.91 Å². The normalized spacial score (nSPS) is 17.4. The number of amides is 1. The molecule has 1 fully saturated rings. The summed E-state index contributed by atoms with van der Waals surface area (Å²) in [7, 11) is 0. The smallest absolute Gasteiger partial charge is 0.223 e. The molecule has 128 valence electrons. The van der Waals surface area contributed by atoms with Crippen molar-refractivity contribution in [1.82, 2.24) is 25.1 Å². The number of rotatable bonds is 6. The molecule has 7 heteroatoms. The van der Waals surface area contributed by atoms with Crippen LogP contribution in [0.4, 0.5) is 0 Å². The Bertz CT molecular complexity index is 702. The highest BCUT2D eigenvalue weighted by molar-refractivity contribution is 6.30. The van der Waals surface area contributed by atoms with Crippen LogP contribution in [0.5, 0.6) is 0 Å². The van der Waals surface area contributed by atoms with Gasteiger partial charge in [0.15, 0.2) is 5.82 Å². The van der Waals surface area contributed by atoms with Gasteiger partial charge in [-0.15, -0.1) is 15.0 Å². The molecule has 1 saturated heterocycles. The zero-order chi connectivity index (χ0) is 16.9. The van der Waals surface area contributed by atoms with E-state index in [0.717, 1.165) is 44.3 Å². The number of carbonyl (C=O) groups excluding carboxylic acids is 1. The van der Waals surface area contributed by atoms with E-state index in [1.165, 1.54) is 4.80 Å². The Kier molecular flexibility index (Phi) is 5.45. The summed E-state index contributed by atoms with van der Waals surface area (Å²) in [6.45, 7) is 2.92. The number of unbranched alkanes of at least 4 members (excludes halogenated alkanes) is 2. The maximum Gasteiger partial charge on any atom is 0.223 e. The maximum absolute atomic E-state index is 12.5. The number of tetrazole rings is 1. The van der Waals surface area contributed by atoms with Crippen molar-refractivity contribution in [2.75, 3.05) is 6.54 Å². The molecule has 3 rings (SSSR count). The van der Waals surface area contributed by atoms with Gasteiger partial charge >= 0.3 is 0 Å². The van der Waals surface area contributed by atoms with Crippen molar-refractivity contribution in [2.45, 2.75) is 51.5 Å². The van der Waals surface area contributed by atoms with Crippen LogP contribution in [0.2, 0.25) is 5.02 Å². The minimum absolute atomic E-state index is 0.0629. The van der Waals surface area contributed by atoms with Gasteiger partial charge in [0.05, 0.1) is 11.7 Å². The summed E-state index contributed by atoms with van der Waals surface area (Å²) in [5.41, 5.74) is 0.764. The topological polar surface area (TPSA) is 63.9 Å². The number of hydrogen-bond acceptors (Lipinski definition) is 4. The third-order valence-electron chi connectivity index (χ3n) is 4.33. The lowest BCUT2D eigenvalue weighted by Crippen LogP contribution is -2.31. The van der Waals surface area contributed by atoms with Crippen molar-refractivity contribution in [1.29, 1.82) is 0 Å². The maximum atomic E-state index is 12.5. The molecule has 24 heavy (non-hydrogen) atoms. The number of halogens is 1. The number of carbonyl (C=O) groups is 1. The highest BCUT2D eigenvalue weighted by atomic mass is 35.5. The summed E-state index contributed by atoms with van der Waals surface area (Å²) >= 11 is 6.01. The molecule has 0 spiro atoms. The van der Waals surface area contributed by atoms with Gasteiger partial charge in [-0.05, 0) is 42.7 Å². The summed E-state index contributed by atoms with van der Waals surface area (Å²) in [6, 6.07) is 7.25. The summed E-state index contributed by atoms with van der Waals surface area (Å²) in [4.78, 5) is 15.8. The van der Waals surface area contributed by atoms with Gasteiger partial charge < -0.3 is 4.90 Å². The molecule has 0 saturated carbocycles. The van der Waals surface area contributed by atoms with Crippen LogP contribution in [-0.2, 0) is 4.79 Å². The van der Waals surface area contributed by atoms with E-state index in [1.54, 1.807) is 12.1 Å². The van der Waals surface area contributed by atoms with E-state index in [2.05, 4.69) is 22.3 Å². The van der Waals surface area contributed by atoms with E-state index in [0.29, 0.717) is 17.3 Å². The molecule has 1 aliphatic heterocycles. The van der Waals surface area contributed by atoms with Gasteiger partial charge in [-0.25, -0.2) is 0 Å². The largest absolute Gasteiger partial charge is 0.332 e. The molecular weight excluding hydrogens is 326 g/mol. The molecular formula is C17H22ClN5O. The van der Waals surface area contributed by atoms with Gasteiger partial charge in [0.1, 0.15) is 0 Å². The first-order valence-corrected chi connectivity index (χ1v) is 8.92. The summed E-state index contributed by atoms with van der Waals surface area (Å²) in [6.07, 6.45) is 5.63. The van der Waals surface area contributed by atoms with Crippen molar-refractivity contribution in [2.24, 2.45) is 0 Å². The van der Waals surface area contributed by atoms with Crippen LogP contribution in [0.1, 0.15) is 57.3 Å². The second-order valence-electron chi connectivity index (χ2n) is 6.12. The van der Waals surface area contributed by atoms with E-state index in [9.17, 15) is 4.79 Å². The molecule has 6 nitrogen and oxygen atoms in total. The molecule has 1 aliphatic rings. The summed E-state index contributed by atoms with van der Waals surface area (Å²) < 4.78 is 0. The van der Waals surface area contributed by atoms with Crippen LogP contribution in [0.25, 0.3) is 5.69 Å². The lowest BCUT2D eigenvalue weighted by Gasteiger charge is -2.22. The minimum Gasteiger partial charge on any atom is -0.332 e. The standard InChI is InChI=1S/C17H22ClN5O/c1-2-3-4-10-16(24)22-11-6-9-15(22)17-19-21-23(20-17)14-8-5-7-13(18)12-14/h5,7-8,12,15H,2-4,6,9-11H2,1H3. The Labute approximate surface area is 146 Å². The zero-order valence-electron chi connectivity index (χ0n) is 13.9. The van der Waals surface area contributed by atoms with Crippen molar-refractivity contribution in [3.63, 3.8) is 0 Å². The predicted octanol–water partition coefficient (Wildman–Crippen LogP) is 3.56. The zero-order valence-corrected chi connectivity index (χ0v) is 14.6. The van der Waals surface area contributed by atoms with Crippen molar-refractivity contribution >= 4 is 17.5 Å². The van der Waals surface area contributed by atoms with Crippen LogP contribution >= 0.6 is 11.6 Å². The van der Waals surface area contributed by atoms with Gasteiger partial charge in [0.25, 0.3) is 0 Å². The number of likely N-dealkylation sites (tertiary alicyclic amines) is 1. The lowest BCUT2D eigenvalue weighted by atomic mass is 10.1. The summed E-state index contributed by atoms with van der Waals surface area (Å²) in [5, 5.41) is 13.4. The van der Waals surface area contributed by atoms with Crippen molar-refractivity contribution in [3.05, 3.63) is 35.1 Å². The fraction of sp³-hybridized carbons (Fsp3) is 0.529. The van der Waals surface area contributed by atoms with Gasteiger partial charge in [-0.3, -0.25) is 4.79 Å². The van der Waals surface area contributed by atoms with Gasteiger partial charge in [-0.2, -0.15) is 0 Å². The van der Waals surface area contributed by atoms with Crippen LogP contribution < -0.4 is 0 Å². The van der Waals surface area contributed by atoms with Gasteiger partial charge in [0, 0.05) is 18.0 Å². The first-order valence-electron chi connectivity index (χ1n) is 8.54. The number of hydrogen-bond donors (Lipinski definition) is 0. The van der Waals surface area contributed by atoms with Gasteiger partial charge in [-0.1, -0.05) is 37.4 Å². The number of aromatic nitrogens is 4. The average molecular weight is 348 g/mol. The van der Waals surface area contributed by atoms with Crippen molar-refractivity contribution in [3.8, 4) is 5.69 Å². The second-order valence-corrected chi connectivity index (χ2v) is 6.56. The molecule has 1 atom stereocenters. The fourth-order valence-corrected chi connectivity index (χ4v) is 3.26. The van der Waals surface area contributed by atoms with E-state index in [4.69, 9.17) is 11.6 Å². The third-order valence-corrected chi connectivity index (χ3v) is 4.57. The Morgan fingerprint density at radius 2 is 2.25 bits per heavy atom. The first kappa shape index (κ1) is 16.9. The van der Waals surface area contributed by atoms with Crippen LogP contribution in [0.3, 0.4) is 0 Å². The molecule has 1 amide bonds.